The topological polar surface area (TPSA) is 70.2 Å². The van der Waals surface area contributed by atoms with Gasteiger partial charge in [0.05, 0.1) is 0 Å². The fourth-order valence-electron chi connectivity index (χ4n) is 2.27. The first-order valence-electron chi connectivity index (χ1n) is 7.35. The molecule has 0 saturated heterocycles. The quantitative estimate of drug-likeness (QED) is 0.662. The fourth-order valence-corrected chi connectivity index (χ4v) is 2.27. The molecule has 0 aromatic carbocycles. The third-order valence-electron chi connectivity index (χ3n) is 3.73. The Balaban J connectivity index is 0.00000361. The summed E-state index contributed by atoms with van der Waals surface area (Å²) in [6.45, 7) is 3.06. The fraction of sp³-hybridized carbons (Fsp3) is 0.857. The number of nitrogens with one attached hydrogen (secondary N) is 3. The van der Waals surface area contributed by atoms with Crippen LogP contribution in [0.4, 0.5) is 0 Å². The SMILES string of the molecule is CNC(C)CNC(=O)CCNC(=O)C1CCCCC1.Cl. The predicted molar refractivity (Wildman–Crippen MR) is 83.0 cm³/mol. The molecule has 20 heavy (non-hydrogen) atoms. The Labute approximate surface area is 128 Å². The molecule has 5 nitrogen and oxygen atoms in total. The molecule has 6 heteroatoms. The zero-order valence-corrected chi connectivity index (χ0v) is 13.4. The van der Waals surface area contributed by atoms with Crippen LogP contribution in [0, 0.1) is 5.92 Å². The second kappa shape index (κ2) is 10.9. The van der Waals surface area contributed by atoms with E-state index in [0.717, 1.165) is 25.7 Å². The van der Waals surface area contributed by atoms with Crippen molar-refractivity contribution in [3.8, 4) is 0 Å². The number of hydrogen-bond donors (Lipinski definition) is 3. The van der Waals surface area contributed by atoms with Crippen molar-refractivity contribution in [3.63, 3.8) is 0 Å². The van der Waals surface area contributed by atoms with Crippen molar-refractivity contribution in [1.82, 2.24) is 16.0 Å². The Kier molecular flexibility index (Phi) is 10.5. The lowest BCUT2D eigenvalue weighted by Gasteiger charge is -2.20. The summed E-state index contributed by atoms with van der Waals surface area (Å²) in [5.74, 6) is 0.281. The molecular formula is C14H28ClN3O2. The Hall–Kier alpha value is -0.810. The van der Waals surface area contributed by atoms with Gasteiger partial charge in [0.15, 0.2) is 0 Å². The van der Waals surface area contributed by atoms with Crippen LogP contribution in [0.1, 0.15) is 45.4 Å². The highest BCUT2D eigenvalue weighted by Gasteiger charge is 2.20. The van der Waals surface area contributed by atoms with Crippen LogP contribution in [0.2, 0.25) is 0 Å². The number of halogens is 1. The molecule has 0 spiro atoms. The Morgan fingerprint density at radius 1 is 1.15 bits per heavy atom. The zero-order valence-electron chi connectivity index (χ0n) is 12.5. The lowest BCUT2D eigenvalue weighted by molar-refractivity contribution is -0.126. The second-order valence-electron chi connectivity index (χ2n) is 5.37. The van der Waals surface area contributed by atoms with Gasteiger partial charge in [-0.15, -0.1) is 12.4 Å². The Bertz CT molecular complexity index is 294. The summed E-state index contributed by atoms with van der Waals surface area (Å²) in [7, 11) is 1.86. The number of carbonyl (C=O) groups is 2. The Morgan fingerprint density at radius 2 is 1.80 bits per heavy atom. The van der Waals surface area contributed by atoms with Crippen molar-refractivity contribution < 1.29 is 9.59 Å². The van der Waals surface area contributed by atoms with Gasteiger partial charge in [0.25, 0.3) is 0 Å². The first kappa shape index (κ1) is 19.2. The molecule has 1 unspecified atom stereocenters. The molecule has 1 saturated carbocycles. The van der Waals surface area contributed by atoms with Crippen LogP contribution < -0.4 is 16.0 Å². The summed E-state index contributed by atoms with van der Waals surface area (Å²) in [6.07, 6.45) is 5.90. The molecule has 0 radical (unpaired) electrons. The summed E-state index contributed by atoms with van der Waals surface area (Å²) >= 11 is 0. The van der Waals surface area contributed by atoms with Crippen LogP contribution in [0.5, 0.6) is 0 Å². The molecule has 1 aliphatic carbocycles. The number of amides is 2. The molecule has 0 bridgehead atoms. The van der Waals surface area contributed by atoms with Gasteiger partial charge < -0.3 is 16.0 Å². The van der Waals surface area contributed by atoms with E-state index in [0.29, 0.717) is 19.5 Å². The second-order valence-corrected chi connectivity index (χ2v) is 5.37. The minimum absolute atomic E-state index is 0. The molecule has 1 atom stereocenters. The first-order valence-corrected chi connectivity index (χ1v) is 7.35. The highest BCUT2D eigenvalue weighted by atomic mass is 35.5. The summed E-state index contributed by atoms with van der Waals surface area (Å²) < 4.78 is 0. The van der Waals surface area contributed by atoms with Crippen molar-refractivity contribution in [2.75, 3.05) is 20.1 Å². The lowest BCUT2D eigenvalue weighted by atomic mass is 9.89. The van der Waals surface area contributed by atoms with Gasteiger partial charge in [-0.3, -0.25) is 9.59 Å². The summed E-state index contributed by atoms with van der Waals surface area (Å²) in [5.41, 5.74) is 0. The number of rotatable bonds is 7. The zero-order chi connectivity index (χ0) is 14.1. The van der Waals surface area contributed by atoms with Crippen molar-refractivity contribution in [1.29, 1.82) is 0 Å². The standard InChI is InChI=1S/C14H27N3O2.ClH/c1-11(15-2)10-17-13(18)8-9-16-14(19)12-6-4-3-5-7-12;/h11-12,15H,3-10H2,1-2H3,(H,16,19)(H,17,18);1H. The molecule has 0 aromatic rings. The molecule has 0 heterocycles. The normalized spacial score (nSPS) is 16.9. The van der Waals surface area contributed by atoms with E-state index in [9.17, 15) is 9.59 Å². The first-order chi connectivity index (χ1) is 9.13. The summed E-state index contributed by atoms with van der Waals surface area (Å²) in [5, 5.41) is 8.76. The highest BCUT2D eigenvalue weighted by molar-refractivity contribution is 5.85. The van der Waals surface area contributed by atoms with E-state index in [4.69, 9.17) is 0 Å². The molecule has 0 aromatic heterocycles. The molecule has 0 aliphatic heterocycles. The van der Waals surface area contributed by atoms with Crippen LogP contribution in [0.25, 0.3) is 0 Å². The minimum Gasteiger partial charge on any atom is -0.355 e. The molecule has 3 N–H and O–H groups in total. The summed E-state index contributed by atoms with van der Waals surface area (Å²) in [4.78, 5) is 23.4. The minimum atomic E-state index is -0.00829. The molecule has 2 amide bonds. The van der Waals surface area contributed by atoms with Crippen molar-refractivity contribution in [2.45, 2.75) is 51.5 Å². The maximum Gasteiger partial charge on any atom is 0.223 e. The van der Waals surface area contributed by atoms with Crippen LogP contribution in [-0.2, 0) is 9.59 Å². The van der Waals surface area contributed by atoms with Crippen LogP contribution in [0.3, 0.4) is 0 Å². The van der Waals surface area contributed by atoms with E-state index < -0.39 is 0 Å². The van der Waals surface area contributed by atoms with Gasteiger partial charge in [0.2, 0.25) is 11.8 Å². The maximum absolute atomic E-state index is 11.8. The van der Waals surface area contributed by atoms with Gasteiger partial charge >= 0.3 is 0 Å². The summed E-state index contributed by atoms with van der Waals surface area (Å²) in [6, 6.07) is 0.265. The maximum atomic E-state index is 11.8. The van der Waals surface area contributed by atoms with E-state index in [1.54, 1.807) is 0 Å². The third kappa shape index (κ3) is 7.70. The van der Waals surface area contributed by atoms with Gasteiger partial charge in [-0.2, -0.15) is 0 Å². The van der Waals surface area contributed by atoms with Crippen molar-refractivity contribution in [3.05, 3.63) is 0 Å². The molecule has 1 fully saturated rings. The van der Waals surface area contributed by atoms with E-state index in [-0.39, 0.29) is 36.2 Å². The van der Waals surface area contributed by atoms with E-state index >= 15 is 0 Å². The van der Waals surface area contributed by atoms with Gasteiger partial charge in [0.1, 0.15) is 0 Å². The lowest BCUT2D eigenvalue weighted by Crippen LogP contribution is -2.39. The third-order valence-corrected chi connectivity index (χ3v) is 3.73. The molecule has 1 rings (SSSR count). The number of hydrogen-bond acceptors (Lipinski definition) is 3. The largest absolute Gasteiger partial charge is 0.355 e. The van der Waals surface area contributed by atoms with Crippen molar-refractivity contribution >= 4 is 24.2 Å². The Morgan fingerprint density at radius 3 is 2.40 bits per heavy atom. The number of carbonyl (C=O) groups excluding carboxylic acids is 2. The highest BCUT2D eigenvalue weighted by Crippen LogP contribution is 2.23. The number of likely N-dealkylation sites (N-methyl/N-ethyl adjacent to an activating group) is 1. The van der Waals surface area contributed by atoms with E-state index in [2.05, 4.69) is 16.0 Å². The van der Waals surface area contributed by atoms with Crippen LogP contribution >= 0.6 is 12.4 Å². The predicted octanol–water partition coefficient (Wildman–Crippen LogP) is 1.22. The smallest absolute Gasteiger partial charge is 0.223 e. The van der Waals surface area contributed by atoms with Gasteiger partial charge in [0, 0.05) is 31.5 Å². The average Bonchev–Trinajstić information content (AvgIpc) is 2.45. The van der Waals surface area contributed by atoms with E-state index in [1.807, 2.05) is 14.0 Å². The van der Waals surface area contributed by atoms with Crippen LogP contribution in [0.15, 0.2) is 0 Å². The van der Waals surface area contributed by atoms with E-state index in [1.165, 1.54) is 6.42 Å². The monoisotopic (exact) mass is 305 g/mol. The molecular weight excluding hydrogens is 278 g/mol. The van der Waals surface area contributed by atoms with Crippen molar-refractivity contribution in [2.24, 2.45) is 5.92 Å². The van der Waals surface area contributed by atoms with Gasteiger partial charge in [-0.05, 0) is 26.8 Å². The van der Waals surface area contributed by atoms with Crippen LogP contribution in [-0.4, -0.2) is 38.0 Å². The van der Waals surface area contributed by atoms with Gasteiger partial charge in [-0.25, -0.2) is 0 Å². The van der Waals surface area contributed by atoms with Gasteiger partial charge in [-0.1, -0.05) is 19.3 Å². The average molecular weight is 306 g/mol. The molecule has 1 aliphatic rings. The molecule has 118 valence electrons.